The Morgan fingerprint density at radius 1 is 1.14 bits per heavy atom. The Kier molecular flexibility index (Phi) is 7.37. The fourth-order valence-electron chi connectivity index (χ4n) is 4.92. The maximum atomic E-state index is 14.0. The van der Waals surface area contributed by atoms with Crippen molar-refractivity contribution in [2.24, 2.45) is 7.05 Å². The molecular weight excluding hydrogens is 456 g/mol. The Morgan fingerprint density at radius 3 is 2.44 bits per heavy atom. The standard InChI is InChI=1S/C27H34N6O3/c1-5-27(3,26(36)30-20-12-8-6-9-13-20)32(24(34)22-18-28-16-17-29-22)23-19(2)31(4)33(25(23)35)21-14-10-7-11-15-21/h7,10-11,14-18,20H,5-6,8-9,12-13H2,1-4H3,(H,30,36)/t27-/m0/s1. The maximum absolute atomic E-state index is 14.0. The van der Waals surface area contributed by atoms with Gasteiger partial charge >= 0.3 is 0 Å². The molecule has 0 unspecified atom stereocenters. The van der Waals surface area contributed by atoms with E-state index in [1.165, 1.54) is 28.2 Å². The minimum absolute atomic E-state index is 0.0587. The number of anilines is 1. The third-order valence-corrected chi connectivity index (χ3v) is 7.34. The topological polar surface area (TPSA) is 102 Å². The molecule has 1 atom stereocenters. The van der Waals surface area contributed by atoms with E-state index in [9.17, 15) is 14.4 Å². The number of aromatic nitrogens is 4. The van der Waals surface area contributed by atoms with Crippen molar-refractivity contribution < 1.29 is 9.59 Å². The largest absolute Gasteiger partial charge is 0.351 e. The van der Waals surface area contributed by atoms with E-state index in [1.54, 1.807) is 25.6 Å². The highest BCUT2D eigenvalue weighted by Crippen LogP contribution is 2.31. The van der Waals surface area contributed by atoms with Crippen LogP contribution in [0.2, 0.25) is 0 Å². The quantitative estimate of drug-likeness (QED) is 0.546. The molecule has 1 aliphatic rings. The number of nitrogens with one attached hydrogen (secondary N) is 1. The van der Waals surface area contributed by atoms with Gasteiger partial charge in [0, 0.05) is 25.5 Å². The third kappa shape index (κ3) is 4.57. The summed E-state index contributed by atoms with van der Waals surface area (Å²) in [6, 6.07) is 9.28. The van der Waals surface area contributed by atoms with Crippen molar-refractivity contribution in [3.8, 4) is 5.69 Å². The first kappa shape index (κ1) is 25.3. The predicted octanol–water partition coefficient (Wildman–Crippen LogP) is 3.54. The van der Waals surface area contributed by atoms with Crippen LogP contribution in [-0.2, 0) is 11.8 Å². The molecule has 3 aromatic rings. The molecule has 36 heavy (non-hydrogen) atoms. The summed E-state index contributed by atoms with van der Waals surface area (Å²) < 4.78 is 3.22. The number of carbonyl (C=O) groups is 2. The summed E-state index contributed by atoms with van der Waals surface area (Å²) in [7, 11) is 1.77. The van der Waals surface area contributed by atoms with Crippen LogP contribution in [0.5, 0.6) is 0 Å². The normalized spacial score (nSPS) is 15.8. The number of para-hydroxylation sites is 1. The number of benzene rings is 1. The van der Waals surface area contributed by atoms with Crippen molar-refractivity contribution in [1.82, 2.24) is 24.6 Å². The first-order valence-corrected chi connectivity index (χ1v) is 12.5. The molecule has 1 saturated carbocycles. The molecule has 0 bridgehead atoms. The molecule has 190 valence electrons. The van der Waals surface area contributed by atoms with Gasteiger partial charge in [0.1, 0.15) is 16.9 Å². The van der Waals surface area contributed by atoms with E-state index >= 15 is 0 Å². The summed E-state index contributed by atoms with van der Waals surface area (Å²) >= 11 is 0. The van der Waals surface area contributed by atoms with E-state index in [1.807, 2.05) is 37.3 Å². The monoisotopic (exact) mass is 490 g/mol. The van der Waals surface area contributed by atoms with E-state index in [0.29, 0.717) is 17.8 Å². The smallest absolute Gasteiger partial charge is 0.295 e. The summed E-state index contributed by atoms with van der Waals surface area (Å²) in [5, 5.41) is 3.17. The van der Waals surface area contributed by atoms with Gasteiger partial charge in [0.15, 0.2) is 0 Å². The summed E-state index contributed by atoms with van der Waals surface area (Å²) in [5.41, 5.74) is -0.270. The summed E-state index contributed by atoms with van der Waals surface area (Å²) in [5.74, 6) is -0.819. The van der Waals surface area contributed by atoms with Gasteiger partial charge in [0.2, 0.25) is 5.91 Å². The second-order valence-electron chi connectivity index (χ2n) is 9.58. The van der Waals surface area contributed by atoms with E-state index in [0.717, 1.165) is 32.1 Å². The predicted molar refractivity (Wildman–Crippen MR) is 138 cm³/mol. The first-order chi connectivity index (χ1) is 17.3. The maximum Gasteiger partial charge on any atom is 0.295 e. The molecular formula is C27H34N6O3. The average Bonchev–Trinajstić information content (AvgIpc) is 3.13. The SMILES string of the molecule is CC[C@@](C)(C(=O)NC1CCCCC1)N(C(=O)c1cnccn1)c1c(C)n(C)n(-c2ccccc2)c1=O. The molecule has 2 heterocycles. The Morgan fingerprint density at radius 2 is 1.83 bits per heavy atom. The van der Waals surface area contributed by atoms with Crippen molar-refractivity contribution >= 4 is 17.5 Å². The van der Waals surface area contributed by atoms with E-state index < -0.39 is 11.4 Å². The average molecular weight is 491 g/mol. The second-order valence-corrected chi connectivity index (χ2v) is 9.58. The van der Waals surface area contributed by atoms with Crippen LogP contribution in [0.15, 0.2) is 53.7 Å². The molecule has 1 aliphatic carbocycles. The Bertz CT molecular complexity index is 1280. The zero-order valence-electron chi connectivity index (χ0n) is 21.4. The summed E-state index contributed by atoms with van der Waals surface area (Å²) in [6.07, 6.45) is 9.68. The van der Waals surface area contributed by atoms with Gasteiger partial charge in [0.25, 0.3) is 11.5 Å². The fraction of sp³-hybridized carbons (Fsp3) is 0.444. The van der Waals surface area contributed by atoms with E-state index in [4.69, 9.17) is 0 Å². The Balaban J connectivity index is 1.87. The number of amides is 2. The molecule has 1 aromatic carbocycles. The zero-order valence-corrected chi connectivity index (χ0v) is 21.4. The molecule has 1 fully saturated rings. The first-order valence-electron chi connectivity index (χ1n) is 12.5. The van der Waals surface area contributed by atoms with Gasteiger partial charge in [-0.2, -0.15) is 0 Å². The molecule has 0 aliphatic heterocycles. The number of hydrogen-bond donors (Lipinski definition) is 1. The van der Waals surface area contributed by atoms with Crippen molar-refractivity contribution in [3.05, 3.63) is 70.7 Å². The van der Waals surface area contributed by atoms with Crippen LogP contribution in [-0.4, -0.2) is 42.7 Å². The van der Waals surface area contributed by atoms with Gasteiger partial charge < -0.3 is 5.32 Å². The summed E-state index contributed by atoms with van der Waals surface area (Å²) in [6.45, 7) is 5.35. The lowest BCUT2D eigenvalue weighted by Crippen LogP contribution is -2.61. The van der Waals surface area contributed by atoms with Crippen LogP contribution in [0.1, 0.15) is 68.6 Å². The van der Waals surface area contributed by atoms with Crippen molar-refractivity contribution in [1.29, 1.82) is 0 Å². The lowest BCUT2D eigenvalue weighted by Gasteiger charge is -2.40. The second kappa shape index (κ2) is 10.5. The Labute approximate surface area is 211 Å². The molecule has 1 N–H and O–H groups in total. The molecule has 2 aromatic heterocycles. The van der Waals surface area contributed by atoms with Gasteiger partial charge in [-0.25, -0.2) is 9.67 Å². The van der Waals surface area contributed by atoms with Gasteiger partial charge in [-0.1, -0.05) is 44.4 Å². The number of rotatable bonds is 7. The molecule has 0 radical (unpaired) electrons. The van der Waals surface area contributed by atoms with Crippen LogP contribution in [0.4, 0.5) is 5.69 Å². The molecule has 0 spiro atoms. The number of carbonyl (C=O) groups excluding carboxylic acids is 2. The van der Waals surface area contributed by atoms with Crippen LogP contribution in [0.3, 0.4) is 0 Å². The van der Waals surface area contributed by atoms with E-state index in [-0.39, 0.29) is 28.9 Å². The Hall–Kier alpha value is -3.75. The molecule has 2 amide bonds. The molecule has 9 nitrogen and oxygen atoms in total. The van der Waals surface area contributed by atoms with Crippen molar-refractivity contribution in [2.75, 3.05) is 4.90 Å². The summed E-state index contributed by atoms with van der Waals surface area (Å²) in [4.78, 5) is 51.4. The lowest BCUT2D eigenvalue weighted by atomic mass is 9.90. The molecule has 0 saturated heterocycles. The highest BCUT2D eigenvalue weighted by molar-refractivity contribution is 6.10. The van der Waals surface area contributed by atoms with Crippen LogP contribution in [0, 0.1) is 6.92 Å². The van der Waals surface area contributed by atoms with Crippen LogP contribution in [0.25, 0.3) is 5.69 Å². The highest BCUT2D eigenvalue weighted by Gasteiger charge is 2.46. The van der Waals surface area contributed by atoms with Gasteiger partial charge in [-0.3, -0.25) is 28.9 Å². The molecule has 4 rings (SSSR count). The lowest BCUT2D eigenvalue weighted by molar-refractivity contribution is -0.126. The number of hydrogen-bond acceptors (Lipinski definition) is 5. The van der Waals surface area contributed by atoms with Crippen molar-refractivity contribution in [3.63, 3.8) is 0 Å². The minimum Gasteiger partial charge on any atom is -0.351 e. The van der Waals surface area contributed by atoms with Gasteiger partial charge in [-0.15, -0.1) is 0 Å². The van der Waals surface area contributed by atoms with Gasteiger partial charge in [-0.05, 0) is 45.2 Å². The third-order valence-electron chi connectivity index (χ3n) is 7.34. The van der Waals surface area contributed by atoms with Crippen LogP contribution >= 0.6 is 0 Å². The minimum atomic E-state index is -1.33. The van der Waals surface area contributed by atoms with Gasteiger partial charge in [0.05, 0.1) is 17.6 Å². The van der Waals surface area contributed by atoms with E-state index in [2.05, 4.69) is 15.3 Å². The number of nitrogens with zero attached hydrogens (tertiary/aromatic N) is 5. The van der Waals surface area contributed by atoms with Crippen molar-refractivity contribution in [2.45, 2.75) is 70.9 Å². The van der Waals surface area contributed by atoms with Crippen LogP contribution < -0.4 is 15.8 Å². The zero-order chi connectivity index (χ0) is 25.9. The highest BCUT2D eigenvalue weighted by atomic mass is 16.2. The fourth-order valence-corrected chi connectivity index (χ4v) is 4.92. The molecule has 9 heteroatoms.